The van der Waals surface area contributed by atoms with E-state index in [1.165, 1.54) is 38.5 Å². The van der Waals surface area contributed by atoms with E-state index >= 15 is 0 Å². The van der Waals surface area contributed by atoms with Crippen LogP contribution in [0.4, 0.5) is 0 Å². The van der Waals surface area contributed by atoms with Gasteiger partial charge in [-0.25, -0.2) is 0 Å². The van der Waals surface area contributed by atoms with E-state index in [2.05, 4.69) is 24.9 Å². The lowest BCUT2D eigenvalue weighted by molar-refractivity contribution is 0.886. The predicted molar refractivity (Wildman–Crippen MR) is 95.8 cm³/mol. The molecule has 0 heterocycles. The first-order valence-corrected chi connectivity index (χ1v) is 8.09. The number of hydrogen-bond donors (Lipinski definition) is 1. The Morgan fingerprint density at radius 1 is 1.16 bits per heavy atom. The summed E-state index contributed by atoms with van der Waals surface area (Å²) in [4.78, 5) is 0.822. The standard InChI is InChI=1S/C7H13NS.C5H10.C3H6.C2H6/c1-3-4-5-6-8-7(2)9;1-2-4-5-3-1;1-3-2;1-2/h5-6H,3-4H2,1-2H3,(H,8,9);1-5H2;3H,1H2,2H3;1-2H3/b6-5-;;;. The Morgan fingerprint density at radius 2 is 1.53 bits per heavy atom. The molecule has 0 spiro atoms. The molecule has 1 N–H and O–H groups in total. The summed E-state index contributed by atoms with van der Waals surface area (Å²) in [5.41, 5.74) is 0. The summed E-state index contributed by atoms with van der Waals surface area (Å²) in [7, 11) is 0. The molecule has 0 aromatic heterocycles. The third-order valence-corrected chi connectivity index (χ3v) is 2.23. The topological polar surface area (TPSA) is 12.0 Å². The molecule has 1 fully saturated rings. The van der Waals surface area contributed by atoms with E-state index < -0.39 is 0 Å². The van der Waals surface area contributed by atoms with Gasteiger partial charge in [-0.1, -0.05) is 83.7 Å². The summed E-state index contributed by atoms with van der Waals surface area (Å²) in [5.74, 6) is 0. The molecular formula is C17H35NS. The fourth-order valence-corrected chi connectivity index (χ4v) is 1.38. The van der Waals surface area contributed by atoms with Gasteiger partial charge in [0, 0.05) is 0 Å². The van der Waals surface area contributed by atoms with Crippen LogP contribution in [-0.4, -0.2) is 4.99 Å². The summed E-state index contributed by atoms with van der Waals surface area (Å²) in [6, 6.07) is 0. The van der Waals surface area contributed by atoms with E-state index in [1.807, 2.05) is 33.9 Å². The van der Waals surface area contributed by atoms with Crippen LogP contribution in [-0.2, 0) is 0 Å². The molecule has 1 nitrogen and oxygen atoms in total. The highest BCUT2D eigenvalue weighted by Gasteiger charge is 1.95. The average Bonchev–Trinajstić information content (AvgIpc) is 2.97. The van der Waals surface area contributed by atoms with Crippen molar-refractivity contribution in [3.8, 4) is 0 Å². The number of hydrogen-bond acceptors (Lipinski definition) is 1. The Morgan fingerprint density at radius 3 is 1.79 bits per heavy atom. The van der Waals surface area contributed by atoms with Crippen LogP contribution in [0.1, 0.15) is 79.6 Å². The molecule has 1 aliphatic carbocycles. The number of rotatable bonds is 3. The van der Waals surface area contributed by atoms with Crippen molar-refractivity contribution in [2.45, 2.75) is 79.6 Å². The SMILES string of the molecule is C1CCCC1.C=CC.CC.CCC/C=C\NC(C)=S. The molecule has 0 atom stereocenters. The van der Waals surface area contributed by atoms with Crippen molar-refractivity contribution in [1.29, 1.82) is 0 Å². The van der Waals surface area contributed by atoms with Crippen molar-refractivity contribution < 1.29 is 0 Å². The van der Waals surface area contributed by atoms with Gasteiger partial charge in [-0.3, -0.25) is 0 Å². The first kappa shape index (κ1) is 23.5. The molecule has 0 aromatic rings. The van der Waals surface area contributed by atoms with Gasteiger partial charge in [-0.05, 0) is 26.5 Å². The van der Waals surface area contributed by atoms with Gasteiger partial charge < -0.3 is 5.32 Å². The fraction of sp³-hybridized carbons (Fsp3) is 0.706. The van der Waals surface area contributed by atoms with Gasteiger partial charge in [0.15, 0.2) is 0 Å². The molecule has 0 aromatic carbocycles. The Hall–Kier alpha value is -0.630. The Labute approximate surface area is 127 Å². The van der Waals surface area contributed by atoms with E-state index in [0.717, 1.165) is 11.4 Å². The van der Waals surface area contributed by atoms with Crippen molar-refractivity contribution >= 4 is 17.2 Å². The van der Waals surface area contributed by atoms with E-state index in [1.54, 1.807) is 6.08 Å². The van der Waals surface area contributed by atoms with Crippen LogP contribution in [0.15, 0.2) is 24.9 Å². The molecule has 0 saturated heterocycles. The van der Waals surface area contributed by atoms with Crippen LogP contribution in [0.3, 0.4) is 0 Å². The van der Waals surface area contributed by atoms with Crippen LogP contribution in [0, 0.1) is 0 Å². The molecule has 114 valence electrons. The van der Waals surface area contributed by atoms with Crippen LogP contribution in [0.5, 0.6) is 0 Å². The summed E-state index contributed by atoms with van der Waals surface area (Å²) >= 11 is 4.78. The lowest BCUT2D eigenvalue weighted by atomic mass is 10.3. The third kappa shape index (κ3) is 38.2. The minimum atomic E-state index is 0.822. The molecule has 0 unspecified atom stereocenters. The quantitative estimate of drug-likeness (QED) is 0.475. The van der Waals surface area contributed by atoms with E-state index in [4.69, 9.17) is 12.2 Å². The Balaban J connectivity index is -0.000000215. The van der Waals surface area contributed by atoms with Gasteiger partial charge in [0.25, 0.3) is 0 Å². The molecular weight excluding hydrogens is 250 g/mol. The van der Waals surface area contributed by atoms with Gasteiger partial charge in [-0.2, -0.15) is 0 Å². The molecule has 0 amide bonds. The minimum absolute atomic E-state index is 0.822. The highest BCUT2D eigenvalue weighted by atomic mass is 32.1. The summed E-state index contributed by atoms with van der Waals surface area (Å²) in [5, 5.41) is 2.93. The van der Waals surface area contributed by atoms with Gasteiger partial charge in [0.1, 0.15) is 0 Å². The van der Waals surface area contributed by atoms with Crippen molar-refractivity contribution in [3.05, 3.63) is 24.9 Å². The maximum Gasteiger partial charge on any atom is 0.0761 e. The average molecular weight is 286 g/mol. The second-order valence-electron chi connectivity index (χ2n) is 4.07. The smallest absolute Gasteiger partial charge is 0.0761 e. The van der Waals surface area contributed by atoms with Crippen LogP contribution >= 0.6 is 12.2 Å². The zero-order chi connectivity index (χ0) is 15.4. The minimum Gasteiger partial charge on any atom is -0.357 e. The molecule has 19 heavy (non-hydrogen) atoms. The molecule has 0 aliphatic heterocycles. The van der Waals surface area contributed by atoms with Crippen LogP contribution in [0.2, 0.25) is 0 Å². The summed E-state index contributed by atoms with van der Waals surface area (Å²) in [6.45, 7) is 13.3. The van der Waals surface area contributed by atoms with E-state index in [0.29, 0.717) is 0 Å². The lowest BCUT2D eigenvalue weighted by Gasteiger charge is -1.91. The van der Waals surface area contributed by atoms with E-state index in [-0.39, 0.29) is 0 Å². The monoisotopic (exact) mass is 285 g/mol. The Kier molecular flexibility index (Phi) is 32.2. The molecule has 0 bridgehead atoms. The predicted octanol–water partition coefficient (Wildman–Crippen LogP) is 6.41. The van der Waals surface area contributed by atoms with Gasteiger partial charge >= 0.3 is 0 Å². The van der Waals surface area contributed by atoms with Crippen LogP contribution < -0.4 is 5.32 Å². The summed E-state index contributed by atoms with van der Waals surface area (Å²) < 4.78 is 0. The van der Waals surface area contributed by atoms with Crippen molar-refractivity contribution in [2.24, 2.45) is 0 Å². The van der Waals surface area contributed by atoms with Crippen molar-refractivity contribution in [3.63, 3.8) is 0 Å². The zero-order valence-corrected chi connectivity index (χ0v) is 14.6. The first-order chi connectivity index (χ1) is 9.18. The number of thiocarbonyl (C=S) groups is 1. The van der Waals surface area contributed by atoms with Crippen molar-refractivity contribution in [1.82, 2.24) is 5.32 Å². The Bertz CT molecular complexity index is 186. The number of allylic oxidation sites excluding steroid dienone is 2. The third-order valence-electron chi connectivity index (χ3n) is 2.11. The molecule has 0 radical (unpaired) electrons. The van der Waals surface area contributed by atoms with Crippen molar-refractivity contribution in [2.75, 3.05) is 0 Å². The molecule has 1 saturated carbocycles. The number of nitrogens with one attached hydrogen (secondary N) is 1. The second-order valence-corrected chi connectivity index (χ2v) is 4.68. The fourth-order valence-electron chi connectivity index (χ4n) is 1.31. The number of unbranched alkanes of at least 4 members (excludes halogenated alkanes) is 1. The first-order valence-electron chi connectivity index (χ1n) is 7.68. The highest BCUT2D eigenvalue weighted by molar-refractivity contribution is 7.80. The maximum absolute atomic E-state index is 4.78. The molecule has 2 heteroatoms. The largest absolute Gasteiger partial charge is 0.357 e. The maximum atomic E-state index is 4.78. The zero-order valence-electron chi connectivity index (χ0n) is 13.8. The van der Waals surface area contributed by atoms with Gasteiger partial charge in [0.2, 0.25) is 0 Å². The van der Waals surface area contributed by atoms with Gasteiger partial charge in [-0.15, -0.1) is 6.58 Å². The lowest BCUT2D eigenvalue weighted by Crippen LogP contribution is -2.08. The van der Waals surface area contributed by atoms with Crippen LogP contribution in [0.25, 0.3) is 0 Å². The highest BCUT2D eigenvalue weighted by Crippen LogP contribution is 2.15. The van der Waals surface area contributed by atoms with E-state index in [9.17, 15) is 0 Å². The van der Waals surface area contributed by atoms with Gasteiger partial charge in [0.05, 0.1) is 4.99 Å². The normalized spacial score (nSPS) is 12.1. The molecule has 1 aliphatic rings. The second kappa shape index (κ2) is 26.0. The molecule has 1 rings (SSSR count). The summed E-state index contributed by atoms with van der Waals surface area (Å²) in [6.07, 6.45) is 15.5.